The number of hydrogen-bond donors (Lipinski definition) is 1. The predicted octanol–water partition coefficient (Wildman–Crippen LogP) is 5.51. The minimum Gasteiger partial charge on any atom is -0.744 e. The molecule has 5 aromatic rings. The van der Waals surface area contributed by atoms with Crippen LogP contribution in [0.4, 0.5) is 5.69 Å². The standard InChI is InChI=1S/C25H27N2O.C7H8O3S/c1-4-27(15-16-28)19-13-14-20(18(2)17-19)25-21-9-5-7-11-23(21)26(3)24-12-8-6-10-22(24)25;1-6-2-4-7(5-3-6)11(8,9)10/h5-14,17,28H,4,15-16H2,1-3H3;2-5H,1H3,(H,8,9,10)/q+1;/p-1. The maximum atomic E-state index is 10.4. The Labute approximate surface area is 230 Å². The first-order chi connectivity index (χ1) is 18.7. The lowest BCUT2D eigenvalue weighted by Gasteiger charge is -2.23. The monoisotopic (exact) mass is 542 g/mol. The van der Waals surface area contributed by atoms with Crippen LogP contribution in [0.2, 0.25) is 0 Å². The van der Waals surface area contributed by atoms with Gasteiger partial charge in [0, 0.05) is 36.5 Å². The van der Waals surface area contributed by atoms with Gasteiger partial charge in [0.2, 0.25) is 11.0 Å². The molecule has 0 saturated heterocycles. The van der Waals surface area contributed by atoms with Gasteiger partial charge in [0.1, 0.15) is 17.2 Å². The van der Waals surface area contributed by atoms with Gasteiger partial charge in [0.25, 0.3) is 0 Å². The van der Waals surface area contributed by atoms with Crippen molar-refractivity contribution >= 4 is 37.6 Å². The third-order valence-electron chi connectivity index (χ3n) is 6.98. The van der Waals surface area contributed by atoms with E-state index in [0.717, 1.165) is 17.8 Å². The number of benzene rings is 4. The Morgan fingerprint density at radius 3 is 1.90 bits per heavy atom. The molecule has 0 atom stereocenters. The summed E-state index contributed by atoms with van der Waals surface area (Å²) in [6.07, 6.45) is 0. The van der Waals surface area contributed by atoms with Crippen molar-refractivity contribution < 1.29 is 22.6 Å². The number of anilines is 1. The topological polar surface area (TPSA) is 84.5 Å². The summed E-state index contributed by atoms with van der Waals surface area (Å²) in [5.74, 6) is 0. The summed E-state index contributed by atoms with van der Waals surface area (Å²) in [7, 11) is -2.13. The second-order valence-corrected chi connectivity index (χ2v) is 10.9. The quantitative estimate of drug-likeness (QED) is 0.174. The average Bonchev–Trinajstić information content (AvgIpc) is 2.93. The third-order valence-corrected chi connectivity index (χ3v) is 7.82. The van der Waals surface area contributed by atoms with Gasteiger partial charge in [0.05, 0.1) is 22.3 Å². The number of likely N-dealkylation sites (N-methyl/N-ethyl adjacent to an activating group) is 1. The van der Waals surface area contributed by atoms with E-state index < -0.39 is 10.1 Å². The summed E-state index contributed by atoms with van der Waals surface area (Å²) in [6, 6.07) is 29.7. The first-order valence-corrected chi connectivity index (χ1v) is 14.4. The smallest absolute Gasteiger partial charge is 0.213 e. The van der Waals surface area contributed by atoms with Crippen LogP contribution in [-0.2, 0) is 17.2 Å². The maximum Gasteiger partial charge on any atom is 0.213 e. The number of hydrogen-bond acceptors (Lipinski definition) is 5. The van der Waals surface area contributed by atoms with Gasteiger partial charge >= 0.3 is 0 Å². The highest BCUT2D eigenvalue weighted by Gasteiger charge is 2.19. The first kappa shape index (κ1) is 28.2. The molecule has 0 bridgehead atoms. The van der Waals surface area contributed by atoms with Crippen molar-refractivity contribution in [3.63, 3.8) is 0 Å². The number of fused-ring (bicyclic) bond motifs is 2. The van der Waals surface area contributed by atoms with E-state index in [1.165, 1.54) is 50.6 Å². The molecule has 6 nitrogen and oxygen atoms in total. The predicted molar refractivity (Wildman–Crippen MR) is 157 cm³/mol. The fourth-order valence-corrected chi connectivity index (χ4v) is 5.41. The second kappa shape index (κ2) is 11.9. The van der Waals surface area contributed by atoms with Crippen LogP contribution < -0.4 is 9.47 Å². The molecule has 39 heavy (non-hydrogen) atoms. The van der Waals surface area contributed by atoms with E-state index in [-0.39, 0.29) is 11.5 Å². The maximum absolute atomic E-state index is 10.4. The van der Waals surface area contributed by atoms with Gasteiger partial charge in [-0.25, -0.2) is 8.42 Å². The zero-order valence-corrected chi connectivity index (χ0v) is 23.6. The van der Waals surface area contributed by atoms with E-state index >= 15 is 0 Å². The zero-order valence-electron chi connectivity index (χ0n) is 22.8. The van der Waals surface area contributed by atoms with Crippen molar-refractivity contribution in [1.82, 2.24) is 0 Å². The number of pyridine rings is 1. The molecular formula is C32H34N2O4S. The van der Waals surface area contributed by atoms with Crippen molar-refractivity contribution in [3.05, 3.63) is 102 Å². The Morgan fingerprint density at radius 2 is 1.41 bits per heavy atom. The lowest BCUT2D eigenvalue weighted by atomic mass is 9.92. The van der Waals surface area contributed by atoms with Crippen molar-refractivity contribution in [3.8, 4) is 11.1 Å². The van der Waals surface area contributed by atoms with Crippen LogP contribution >= 0.6 is 0 Å². The number of nitrogens with zero attached hydrogens (tertiary/aromatic N) is 2. The van der Waals surface area contributed by atoms with Crippen LogP contribution in [0, 0.1) is 13.8 Å². The first-order valence-electron chi connectivity index (χ1n) is 12.9. The number of para-hydroxylation sites is 2. The van der Waals surface area contributed by atoms with Crippen molar-refractivity contribution in [1.29, 1.82) is 0 Å². The largest absolute Gasteiger partial charge is 0.744 e. The zero-order chi connectivity index (χ0) is 28.2. The average molecular weight is 543 g/mol. The Balaban J connectivity index is 0.000000270. The Bertz CT molecular complexity index is 1660. The van der Waals surface area contributed by atoms with E-state index in [1.807, 2.05) is 6.92 Å². The Hall–Kier alpha value is -3.78. The summed E-state index contributed by atoms with van der Waals surface area (Å²) in [6.45, 7) is 7.83. The van der Waals surface area contributed by atoms with E-state index in [4.69, 9.17) is 0 Å². The Kier molecular flexibility index (Phi) is 8.65. The fourth-order valence-electron chi connectivity index (χ4n) is 4.94. The van der Waals surface area contributed by atoms with Gasteiger partial charge in [-0.15, -0.1) is 0 Å². The third kappa shape index (κ3) is 6.11. The molecule has 0 radical (unpaired) electrons. The normalized spacial score (nSPS) is 11.3. The number of rotatable bonds is 6. The summed E-state index contributed by atoms with van der Waals surface area (Å²) < 4.78 is 33.4. The molecule has 0 unspecified atom stereocenters. The van der Waals surface area contributed by atoms with Crippen LogP contribution in [0.25, 0.3) is 32.9 Å². The molecule has 0 saturated carbocycles. The molecular weight excluding hydrogens is 508 g/mol. The highest BCUT2D eigenvalue weighted by Crippen LogP contribution is 2.36. The van der Waals surface area contributed by atoms with Crippen molar-refractivity contribution in [2.45, 2.75) is 25.7 Å². The van der Waals surface area contributed by atoms with Gasteiger partial charge in [-0.05, 0) is 68.3 Å². The summed E-state index contributed by atoms with van der Waals surface area (Å²) >= 11 is 0. The van der Waals surface area contributed by atoms with E-state index in [2.05, 4.69) is 97.1 Å². The molecule has 4 aromatic carbocycles. The lowest BCUT2D eigenvalue weighted by molar-refractivity contribution is -0.617. The van der Waals surface area contributed by atoms with E-state index in [0.29, 0.717) is 6.54 Å². The molecule has 0 aliphatic heterocycles. The molecule has 0 aliphatic carbocycles. The van der Waals surface area contributed by atoms with Crippen LogP contribution in [0.15, 0.2) is 95.9 Å². The van der Waals surface area contributed by atoms with Crippen LogP contribution in [0.1, 0.15) is 18.1 Å². The van der Waals surface area contributed by atoms with Gasteiger partial charge in [-0.3, -0.25) is 0 Å². The molecule has 0 aliphatic rings. The molecule has 1 aromatic heterocycles. The molecule has 202 valence electrons. The summed E-state index contributed by atoms with van der Waals surface area (Å²) in [5.41, 5.74) is 8.35. The molecule has 0 spiro atoms. The van der Waals surface area contributed by atoms with Crippen molar-refractivity contribution in [2.24, 2.45) is 7.05 Å². The Morgan fingerprint density at radius 1 is 0.846 bits per heavy atom. The van der Waals surface area contributed by atoms with Crippen LogP contribution in [0.3, 0.4) is 0 Å². The van der Waals surface area contributed by atoms with Crippen LogP contribution in [-0.4, -0.2) is 37.8 Å². The molecule has 1 heterocycles. The SMILES string of the molecule is CCN(CCO)c1ccc(-c2c3ccccc3[n+](C)c3ccccc23)c(C)c1.Cc1ccc(S(=O)(=O)[O-])cc1. The van der Waals surface area contributed by atoms with Gasteiger partial charge in [-0.2, -0.15) is 4.57 Å². The van der Waals surface area contributed by atoms with E-state index in [9.17, 15) is 18.1 Å². The molecule has 0 fully saturated rings. The minimum absolute atomic E-state index is 0.166. The van der Waals surface area contributed by atoms with Crippen molar-refractivity contribution in [2.75, 3.05) is 24.6 Å². The highest BCUT2D eigenvalue weighted by molar-refractivity contribution is 7.85. The molecule has 7 heteroatoms. The van der Waals surface area contributed by atoms with Gasteiger partial charge in [0.15, 0.2) is 0 Å². The summed E-state index contributed by atoms with van der Waals surface area (Å²) in [5, 5.41) is 11.9. The highest BCUT2D eigenvalue weighted by atomic mass is 32.2. The summed E-state index contributed by atoms with van der Waals surface area (Å²) in [4.78, 5) is 2.03. The number of aryl methyl sites for hydroxylation is 3. The number of aromatic nitrogens is 1. The number of aliphatic hydroxyl groups is 1. The lowest BCUT2D eigenvalue weighted by Crippen LogP contribution is -2.30. The van der Waals surface area contributed by atoms with E-state index in [1.54, 1.807) is 12.1 Å². The van der Waals surface area contributed by atoms with Gasteiger partial charge < -0.3 is 14.6 Å². The van der Waals surface area contributed by atoms with Crippen LogP contribution in [0.5, 0.6) is 0 Å². The molecule has 0 amide bonds. The van der Waals surface area contributed by atoms with Gasteiger partial charge in [-0.1, -0.05) is 48.0 Å². The molecule has 5 rings (SSSR count). The fraction of sp³-hybridized carbons (Fsp3) is 0.219. The molecule has 1 N–H and O–H groups in total. The number of aliphatic hydroxyl groups excluding tert-OH is 1. The minimum atomic E-state index is -4.27. The second-order valence-electron chi connectivity index (χ2n) is 9.54.